The predicted octanol–water partition coefficient (Wildman–Crippen LogP) is 3.81. The Morgan fingerprint density at radius 1 is 1.12 bits per heavy atom. The molecule has 4 nitrogen and oxygen atoms in total. The molecule has 3 aromatic rings. The Morgan fingerprint density at radius 3 is 2.80 bits per heavy atom. The van der Waals surface area contributed by atoms with E-state index >= 15 is 0 Å². The molecule has 1 saturated heterocycles. The Morgan fingerprint density at radius 2 is 1.96 bits per heavy atom. The molecule has 0 bridgehead atoms. The van der Waals surface area contributed by atoms with Gasteiger partial charge in [0.15, 0.2) is 5.11 Å². The molecular weight excluding hydrogens is 330 g/mol. The zero-order valence-corrected chi connectivity index (χ0v) is 14.4. The number of carbonyl (C=O) groups is 1. The molecule has 0 atom stereocenters. The number of nitrogens with one attached hydrogen (secondary N) is 1. The van der Waals surface area contributed by atoms with E-state index in [0.29, 0.717) is 10.8 Å². The number of pyridine rings is 1. The first-order valence-corrected chi connectivity index (χ1v) is 8.32. The van der Waals surface area contributed by atoms with E-state index in [1.165, 1.54) is 4.90 Å². The number of benzene rings is 2. The molecule has 1 aliphatic rings. The average molecular weight is 345 g/mol. The number of hydrogen-bond donors (Lipinski definition) is 1. The Balaban J connectivity index is 1.75. The second-order valence-electron chi connectivity index (χ2n) is 5.89. The van der Waals surface area contributed by atoms with Gasteiger partial charge >= 0.3 is 0 Å². The summed E-state index contributed by atoms with van der Waals surface area (Å²) in [4.78, 5) is 18.7. The van der Waals surface area contributed by atoms with Crippen molar-refractivity contribution in [1.29, 1.82) is 0 Å². The van der Waals surface area contributed by atoms with Crippen LogP contribution in [0.15, 0.2) is 66.5 Å². The molecule has 1 aromatic heterocycles. The van der Waals surface area contributed by atoms with E-state index in [9.17, 15) is 4.79 Å². The summed E-state index contributed by atoms with van der Waals surface area (Å²) in [6.07, 6.45) is 3.57. The lowest BCUT2D eigenvalue weighted by Crippen LogP contribution is -2.30. The summed E-state index contributed by atoms with van der Waals surface area (Å²) in [6, 6.07) is 17.5. The monoisotopic (exact) mass is 345 g/mol. The van der Waals surface area contributed by atoms with Crippen molar-refractivity contribution in [3.8, 4) is 0 Å². The van der Waals surface area contributed by atoms with Gasteiger partial charge < -0.3 is 5.32 Å². The van der Waals surface area contributed by atoms with E-state index in [-0.39, 0.29) is 5.91 Å². The maximum Gasteiger partial charge on any atom is 0.281 e. The number of para-hydroxylation sites is 1. The van der Waals surface area contributed by atoms with Gasteiger partial charge in [-0.1, -0.05) is 30.3 Å². The molecule has 0 aliphatic carbocycles. The highest BCUT2D eigenvalue weighted by molar-refractivity contribution is 7.80. The number of anilines is 1. The number of carbonyl (C=O) groups excluding carboxylic acids is 1. The van der Waals surface area contributed by atoms with Gasteiger partial charge in [-0.05, 0) is 60.6 Å². The second kappa shape index (κ2) is 6.11. The van der Waals surface area contributed by atoms with Crippen LogP contribution in [0.5, 0.6) is 0 Å². The molecule has 1 amide bonds. The minimum atomic E-state index is -0.156. The number of amides is 1. The molecular formula is C20H15N3OS. The fourth-order valence-electron chi connectivity index (χ4n) is 2.94. The van der Waals surface area contributed by atoms with Crippen LogP contribution in [0.2, 0.25) is 0 Å². The van der Waals surface area contributed by atoms with Crippen LogP contribution in [0.4, 0.5) is 5.69 Å². The van der Waals surface area contributed by atoms with Crippen molar-refractivity contribution < 1.29 is 4.79 Å². The third kappa shape index (κ3) is 2.79. The summed E-state index contributed by atoms with van der Waals surface area (Å²) >= 11 is 5.37. The van der Waals surface area contributed by atoms with Crippen LogP contribution in [-0.4, -0.2) is 16.0 Å². The zero-order chi connectivity index (χ0) is 17.4. The lowest BCUT2D eigenvalue weighted by molar-refractivity contribution is -0.113. The van der Waals surface area contributed by atoms with E-state index in [2.05, 4.69) is 10.3 Å². The highest BCUT2D eigenvalue weighted by Crippen LogP contribution is 2.25. The number of fused-ring (bicyclic) bond motifs is 1. The Bertz CT molecular complexity index is 1040. The largest absolute Gasteiger partial charge is 0.327 e. The van der Waals surface area contributed by atoms with Crippen molar-refractivity contribution >= 4 is 45.9 Å². The van der Waals surface area contributed by atoms with Gasteiger partial charge in [0.2, 0.25) is 0 Å². The van der Waals surface area contributed by atoms with Gasteiger partial charge in [-0.15, -0.1) is 0 Å². The molecule has 0 spiro atoms. The molecule has 5 heteroatoms. The van der Waals surface area contributed by atoms with Crippen LogP contribution in [-0.2, 0) is 4.79 Å². The SMILES string of the molecule is Cc1cccc(N2C(=O)/C(=C\c3ccnc4ccccc34)NC2=S)c1. The molecule has 1 N–H and O–H groups in total. The van der Waals surface area contributed by atoms with Gasteiger partial charge in [0.05, 0.1) is 11.2 Å². The topological polar surface area (TPSA) is 45.2 Å². The molecule has 0 saturated carbocycles. The van der Waals surface area contributed by atoms with Gasteiger partial charge in [0.1, 0.15) is 5.70 Å². The van der Waals surface area contributed by atoms with Crippen LogP contribution in [0, 0.1) is 6.92 Å². The normalized spacial score (nSPS) is 15.9. The van der Waals surface area contributed by atoms with Crippen molar-refractivity contribution in [2.45, 2.75) is 6.92 Å². The maximum atomic E-state index is 12.9. The zero-order valence-electron chi connectivity index (χ0n) is 13.6. The quantitative estimate of drug-likeness (QED) is 0.567. The van der Waals surface area contributed by atoms with Crippen molar-refractivity contribution in [2.24, 2.45) is 0 Å². The first-order chi connectivity index (χ1) is 12.1. The van der Waals surface area contributed by atoms with Crippen molar-refractivity contribution in [3.05, 3.63) is 77.6 Å². The lowest BCUT2D eigenvalue weighted by atomic mass is 10.1. The van der Waals surface area contributed by atoms with E-state index in [4.69, 9.17) is 12.2 Å². The third-order valence-electron chi connectivity index (χ3n) is 4.12. The third-order valence-corrected chi connectivity index (χ3v) is 4.41. The molecule has 4 rings (SSSR count). The number of nitrogens with zero attached hydrogens (tertiary/aromatic N) is 2. The standard InChI is InChI=1S/C20H15N3OS/c1-13-5-4-6-15(11-13)23-19(24)18(22-20(23)25)12-14-9-10-21-17-8-3-2-7-16(14)17/h2-12H,1H3,(H,22,25)/b18-12+. The average Bonchev–Trinajstić information content (AvgIpc) is 2.89. The van der Waals surface area contributed by atoms with Crippen molar-refractivity contribution in [1.82, 2.24) is 10.3 Å². The van der Waals surface area contributed by atoms with Gasteiger partial charge in [0.25, 0.3) is 5.91 Å². The number of aryl methyl sites for hydroxylation is 1. The number of hydrogen-bond acceptors (Lipinski definition) is 3. The van der Waals surface area contributed by atoms with E-state index in [0.717, 1.165) is 27.7 Å². The van der Waals surface area contributed by atoms with Crippen LogP contribution >= 0.6 is 12.2 Å². The summed E-state index contributed by atoms with van der Waals surface area (Å²) in [7, 11) is 0. The van der Waals surface area contributed by atoms with Crippen molar-refractivity contribution in [3.63, 3.8) is 0 Å². The molecule has 1 fully saturated rings. The molecule has 122 valence electrons. The molecule has 2 heterocycles. The van der Waals surface area contributed by atoms with Crippen molar-refractivity contribution in [2.75, 3.05) is 4.90 Å². The first kappa shape index (κ1) is 15.5. The Labute approximate surface area is 150 Å². The maximum absolute atomic E-state index is 12.9. The van der Waals surface area contributed by atoms with Crippen LogP contribution in [0.3, 0.4) is 0 Å². The molecule has 0 radical (unpaired) electrons. The predicted molar refractivity (Wildman–Crippen MR) is 104 cm³/mol. The highest BCUT2D eigenvalue weighted by atomic mass is 32.1. The van der Waals surface area contributed by atoms with Crippen LogP contribution < -0.4 is 10.2 Å². The van der Waals surface area contributed by atoms with E-state index in [1.807, 2.05) is 67.6 Å². The molecule has 25 heavy (non-hydrogen) atoms. The number of thiocarbonyl (C=S) groups is 1. The molecule has 1 aliphatic heterocycles. The summed E-state index contributed by atoms with van der Waals surface area (Å²) in [5.41, 5.74) is 4.12. The van der Waals surface area contributed by atoms with Gasteiger partial charge in [-0.2, -0.15) is 0 Å². The highest BCUT2D eigenvalue weighted by Gasteiger charge is 2.32. The van der Waals surface area contributed by atoms with Gasteiger partial charge in [0, 0.05) is 11.6 Å². The fraction of sp³-hybridized carbons (Fsp3) is 0.0500. The van der Waals surface area contributed by atoms with Gasteiger partial charge in [-0.3, -0.25) is 14.7 Å². The second-order valence-corrected chi connectivity index (χ2v) is 6.27. The minimum absolute atomic E-state index is 0.156. The Kier molecular flexibility index (Phi) is 3.78. The Hall–Kier alpha value is -3.05. The summed E-state index contributed by atoms with van der Waals surface area (Å²) in [5, 5.41) is 4.42. The minimum Gasteiger partial charge on any atom is -0.327 e. The van der Waals surface area contributed by atoms with E-state index < -0.39 is 0 Å². The summed E-state index contributed by atoms with van der Waals surface area (Å²) in [5.74, 6) is -0.156. The summed E-state index contributed by atoms with van der Waals surface area (Å²) in [6.45, 7) is 1.99. The number of aromatic nitrogens is 1. The smallest absolute Gasteiger partial charge is 0.281 e. The van der Waals surface area contributed by atoms with Crippen LogP contribution in [0.25, 0.3) is 17.0 Å². The first-order valence-electron chi connectivity index (χ1n) is 7.91. The molecule has 0 unspecified atom stereocenters. The summed E-state index contributed by atoms with van der Waals surface area (Å²) < 4.78 is 0. The van der Waals surface area contributed by atoms with Crippen LogP contribution in [0.1, 0.15) is 11.1 Å². The fourth-order valence-corrected chi connectivity index (χ4v) is 3.23. The molecule has 2 aromatic carbocycles. The number of rotatable bonds is 2. The lowest BCUT2D eigenvalue weighted by Gasteiger charge is -2.14. The van der Waals surface area contributed by atoms with E-state index in [1.54, 1.807) is 6.20 Å². The van der Waals surface area contributed by atoms with Gasteiger partial charge in [-0.25, -0.2) is 0 Å².